The number of amides is 4. The summed E-state index contributed by atoms with van der Waals surface area (Å²) in [4.78, 5) is 53.8. The standard InChI is InChI=1S/C22H24N4O6S/c1-13-7-9-22(10-8-13)20(29)26(21(30)24-22)25-17(27)11-32-19(28)16-12-33-18(23-16)14-3-5-15(31-2)6-4-14/h3-6,12-13H,7-11H2,1-2H3,(H,24,30)(H,25,27). The Bertz CT molecular complexity index is 1070. The first-order valence-corrected chi connectivity index (χ1v) is 11.4. The van der Waals surface area contributed by atoms with E-state index in [1.54, 1.807) is 19.2 Å². The van der Waals surface area contributed by atoms with E-state index in [0.29, 0.717) is 34.5 Å². The number of imide groups is 1. The Hall–Kier alpha value is -3.47. The fourth-order valence-corrected chi connectivity index (χ4v) is 4.71. The lowest BCUT2D eigenvalue weighted by Gasteiger charge is -2.33. The second-order valence-corrected chi connectivity index (χ2v) is 9.07. The zero-order chi connectivity index (χ0) is 23.6. The van der Waals surface area contributed by atoms with Gasteiger partial charge in [0.25, 0.3) is 11.8 Å². The van der Waals surface area contributed by atoms with E-state index in [1.807, 2.05) is 12.1 Å². The molecule has 33 heavy (non-hydrogen) atoms. The summed E-state index contributed by atoms with van der Waals surface area (Å²) >= 11 is 1.26. The predicted octanol–water partition coefficient (Wildman–Crippen LogP) is 2.51. The number of carbonyl (C=O) groups excluding carboxylic acids is 4. The number of hydrogen-bond acceptors (Lipinski definition) is 8. The van der Waals surface area contributed by atoms with Crippen molar-refractivity contribution in [1.82, 2.24) is 20.7 Å². The van der Waals surface area contributed by atoms with Crippen molar-refractivity contribution >= 4 is 35.2 Å². The first-order valence-electron chi connectivity index (χ1n) is 10.5. The van der Waals surface area contributed by atoms with Crippen molar-refractivity contribution in [1.29, 1.82) is 0 Å². The van der Waals surface area contributed by atoms with Crippen LogP contribution in [0.5, 0.6) is 5.75 Å². The summed E-state index contributed by atoms with van der Waals surface area (Å²) in [7, 11) is 1.57. The normalized spacial score (nSPS) is 22.2. The smallest absolute Gasteiger partial charge is 0.358 e. The fraction of sp³-hybridized carbons (Fsp3) is 0.409. The number of hydrogen-bond donors (Lipinski definition) is 2. The number of carbonyl (C=O) groups is 4. The molecule has 0 radical (unpaired) electrons. The minimum atomic E-state index is -0.966. The molecular formula is C22H24N4O6S. The Kier molecular flexibility index (Phi) is 6.32. The Morgan fingerprint density at radius 3 is 2.61 bits per heavy atom. The zero-order valence-corrected chi connectivity index (χ0v) is 19.1. The predicted molar refractivity (Wildman–Crippen MR) is 118 cm³/mol. The van der Waals surface area contributed by atoms with E-state index >= 15 is 0 Å². The summed E-state index contributed by atoms with van der Waals surface area (Å²) in [5.74, 6) is -0.869. The van der Waals surface area contributed by atoms with Crippen molar-refractivity contribution in [3.8, 4) is 16.3 Å². The van der Waals surface area contributed by atoms with Gasteiger partial charge in [0.2, 0.25) is 0 Å². The lowest BCUT2D eigenvalue weighted by Crippen LogP contribution is -2.52. The molecular weight excluding hydrogens is 448 g/mol. The molecule has 1 aliphatic carbocycles. The van der Waals surface area contributed by atoms with Gasteiger partial charge in [-0.2, -0.15) is 5.01 Å². The molecule has 1 aromatic heterocycles. The molecule has 0 atom stereocenters. The molecule has 1 aliphatic heterocycles. The Morgan fingerprint density at radius 2 is 1.94 bits per heavy atom. The fourth-order valence-electron chi connectivity index (χ4n) is 3.91. The van der Waals surface area contributed by atoms with Gasteiger partial charge in [0, 0.05) is 10.9 Å². The van der Waals surface area contributed by atoms with Crippen LogP contribution in [0.15, 0.2) is 29.6 Å². The van der Waals surface area contributed by atoms with Gasteiger partial charge in [-0.15, -0.1) is 11.3 Å². The van der Waals surface area contributed by atoms with Gasteiger partial charge < -0.3 is 14.8 Å². The second-order valence-electron chi connectivity index (χ2n) is 8.21. The number of rotatable bonds is 6. The van der Waals surface area contributed by atoms with Gasteiger partial charge in [-0.3, -0.25) is 15.0 Å². The van der Waals surface area contributed by atoms with Crippen LogP contribution in [0.4, 0.5) is 4.79 Å². The molecule has 1 aromatic carbocycles. The van der Waals surface area contributed by atoms with E-state index in [0.717, 1.165) is 18.4 Å². The molecule has 2 fully saturated rings. The molecule has 1 spiro atoms. The summed E-state index contributed by atoms with van der Waals surface area (Å²) in [5.41, 5.74) is 2.14. The number of nitrogens with zero attached hydrogens (tertiary/aromatic N) is 2. The number of ether oxygens (including phenoxy) is 2. The summed E-state index contributed by atoms with van der Waals surface area (Å²) in [6.07, 6.45) is 2.69. The van der Waals surface area contributed by atoms with Gasteiger partial charge in [-0.25, -0.2) is 14.6 Å². The zero-order valence-electron chi connectivity index (χ0n) is 18.3. The molecule has 0 bridgehead atoms. The van der Waals surface area contributed by atoms with Crippen molar-refractivity contribution in [2.75, 3.05) is 13.7 Å². The van der Waals surface area contributed by atoms with Crippen LogP contribution in [-0.4, -0.2) is 53.1 Å². The van der Waals surface area contributed by atoms with Crippen LogP contribution < -0.4 is 15.5 Å². The van der Waals surface area contributed by atoms with Crippen LogP contribution in [0.3, 0.4) is 0 Å². The van der Waals surface area contributed by atoms with E-state index < -0.39 is 36.0 Å². The number of aromatic nitrogens is 1. The van der Waals surface area contributed by atoms with Crippen molar-refractivity contribution in [2.45, 2.75) is 38.1 Å². The number of benzene rings is 1. The molecule has 10 nitrogen and oxygen atoms in total. The van der Waals surface area contributed by atoms with E-state index in [4.69, 9.17) is 9.47 Å². The molecule has 2 heterocycles. The quantitative estimate of drug-likeness (QED) is 0.488. The van der Waals surface area contributed by atoms with Crippen LogP contribution in [-0.2, 0) is 14.3 Å². The van der Waals surface area contributed by atoms with Gasteiger partial charge >= 0.3 is 12.0 Å². The van der Waals surface area contributed by atoms with Gasteiger partial charge in [0.05, 0.1) is 7.11 Å². The van der Waals surface area contributed by atoms with Gasteiger partial charge in [0.15, 0.2) is 12.3 Å². The third-order valence-electron chi connectivity index (χ3n) is 5.91. The van der Waals surface area contributed by atoms with Crippen molar-refractivity contribution in [2.24, 2.45) is 5.92 Å². The maximum atomic E-state index is 12.8. The molecule has 1 saturated carbocycles. The monoisotopic (exact) mass is 472 g/mol. The third kappa shape index (κ3) is 4.68. The van der Waals surface area contributed by atoms with Gasteiger partial charge in [-0.1, -0.05) is 6.92 Å². The number of esters is 1. The van der Waals surface area contributed by atoms with Crippen LogP contribution in [0, 0.1) is 5.92 Å². The van der Waals surface area contributed by atoms with E-state index in [9.17, 15) is 19.2 Å². The number of thiazole rings is 1. The minimum absolute atomic E-state index is 0.0592. The molecule has 2 aromatic rings. The number of nitrogens with one attached hydrogen (secondary N) is 2. The van der Waals surface area contributed by atoms with Crippen LogP contribution in [0.25, 0.3) is 10.6 Å². The average Bonchev–Trinajstić information content (AvgIpc) is 3.40. The highest BCUT2D eigenvalue weighted by atomic mass is 32.1. The van der Waals surface area contributed by atoms with E-state index in [1.165, 1.54) is 16.7 Å². The highest BCUT2D eigenvalue weighted by molar-refractivity contribution is 7.13. The first kappa shape index (κ1) is 22.7. The molecule has 1 saturated heterocycles. The second kappa shape index (κ2) is 9.18. The van der Waals surface area contributed by atoms with Crippen LogP contribution in [0.1, 0.15) is 43.1 Å². The Morgan fingerprint density at radius 1 is 1.24 bits per heavy atom. The highest BCUT2D eigenvalue weighted by Crippen LogP contribution is 2.35. The number of methoxy groups -OCH3 is 1. The molecule has 4 amide bonds. The lowest BCUT2D eigenvalue weighted by molar-refractivity contribution is -0.141. The summed E-state index contributed by atoms with van der Waals surface area (Å²) in [6, 6.07) is 6.52. The van der Waals surface area contributed by atoms with E-state index in [2.05, 4.69) is 22.7 Å². The maximum absolute atomic E-state index is 12.8. The number of urea groups is 1. The molecule has 0 unspecified atom stereocenters. The van der Waals surface area contributed by atoms with Crippen molar-refractivity contribution in [3.63, 3.8) is 0 Å². The van der Waals surface area contributed by atoms with Crippen LogP contribution >= 0.6 is 11.3 Å². The topological polar surface area (TPSA) is 127 Å². The van der Waals surface area contributed by atoms with Crippen LogP contribution in [0.2, 0.25) is 0 Å². The molecule has 11 heteroatoms. The molecule has 2 N–H and O–H groups in total. The summed E-state index contributed by atoms with van der Waals surface area (Å²) < 4.78 is 10.1. The number of hydrazine groups is 1. The summed E-state index contributed by atoms with van der Waals surface area (Å²) in [5, 5.41) is 5.53. The molecule has 2 aliphatic rings. The maximum Gasteiger partial charge on any atom is 0.358 e. The van der Waals surface area contributed by atoms with Gasteiger partial charge in [-0.05, 0) is 55.9 Å². The Labute approximate surface area is 194 Å². The third-order valence-corrected chi connectivity index (χ3v) is 6.80. The molecule has 174 valence electrons. The first-order chi connectivity index (χ1) is 15.8. The SMILES string of the molecule is COc1ccc(-c2nc(C(=O)OCC(=O)NN3C(=O)NC4(CCC(C)CC4)C3=O)cs2)cc1. The Balaban J connectivity index is 1.31. The largest absolute Gasteiger partial charge is 0.497 e. The highest BCUT2D eigenvalue weighted by Gasteiger charge is 2.52. The van der Waals surface area contributed by atoms with Gasteiger partial charge in [0.1, 0.15) is 16.3 Å². The lowest BCUT2D eigenvalue weighted by atomic mass is 9.77. The molecule has 4 rings (SSSR count). The average molecular weight is 473 g/mol. The summed E-state index contributed by atoms with van der Waals surface area (Å²) in [6.45, 7) is 1.44. The van der Waals surface area contributed by atoms with Crippen molar-refractivity contribution < 1.29 is 28.7 Å². The van der Waals surface area contributed by atoms with Crippen molar-refractivity contribution in [3.05, 3.63) is 35.3 Å². The van der Waals surface area contributed by atoms with E-state index in [-0.39, 0.29) is 5.69 Å². The minimum Gasteiger partial charge on any atom is -0.497 e.